The van der Waals surface area contributed by atoms with E-state index in [1.54, 1.807) is 11.5 Å². The summed E-state index contributed by atoms with van der Waals surface area (Å²) in [6, 6.07) is 3.21. The normalized spacial score (nSPS) is 21.5. The second kappa shape index (κ2) is 8.87. The summed E-state index contributed by atoms with van der Waals surface area (Å²) in [5.74, 6) is -6.00. The second-order valence-corrected chi connectivity index (χ2v) is 9.89. The summed E-state index contributed by atoms with van der Waals surface area (Å²) in [5, 5.41) is 5.06. The molecular weight excluding hydrogens is 501 g/mol. The lowest BCUT2D eigenvalue weighted by Gasteiger charge is -2.50. The lowest BCUT2D eigenvalue weighted by molar-refractivity contribution is -0.151. The molecular formula is C23H24ClF3N6O3. The van der Waals surface area contributed by atoms with Crippen LogP contribution >= 0.6 is 11.6 Å². The Kier molecular flexibility index (Phi) is 6.10. The van der Waals surface area contributed by atoms with Crippen molar-refractivity contribution in [3.8, 4) is 0 Å². The number of amides is 2. The minimum absolute atomic E-state index is 0.0548. The highest BCUT2D eigenvalue weighted by molar-refractivity contribution is 6.43. The minimum Gasteiger partial charge on any atom is -0.342 e. The van der Waals surface area contributed by atoms with Gasteiger partial charge in [0.15, 0.2) is 0 Å². The molecule has 0 bridgehead atoms. The minimum atomic E-state index is -2.94. The van der Waals surface area contributed by atoms with Crippen molar-refractivity contribution >= 4 is 34.9 Å². The van der Waals surface area contributed by atoms with Crippen LogP contribution in [-0.4, -0.2) is 46.2 Å². The van der Waals surface area contributed by atoms with E-state index in [1.165, 1.54) is 12.1 Å². The molecule has 2 fully saturated rings. The zero-order valence-corrected chi connectivity index (χ0v) is 20.0. The van der Waals surface area contributed by atoms with Gasteiger partial charge in [0.25, 0.3) is 23.5 Å². The molecule has 2 amide bonds. The standard InChI is InChI=1S/C23H24ClF3N6O3/c1-11-17(20(35)29-12-4-5-14(25)13(24)7-12)15-3-2-6-33(15)18(11)19(34)21(36)30-22(9-23(26,27)10-22)16-8-28-32-31-16/h4-5,7,16,28,31-32H,2-3,6,8-10H2,1H3,(H,29,35)(H,30,36). The number of ketones is 1. The predicted octanol–water partition coefficient (Wildman–Crippen LogP) is 2.24. The summed E-state index contributed by atoms with van der Waals surface area (Å²) >= 11 is 5.80. The third kappa shape index (κ3) is 4.17. The zero-order valence-electron chi connectivity index (χ0n) is 19.2. The number of alkyl halides is 2. The quantitative estimate of drug-likeness (QED) is 0.292. The molecule has 1 saturated heterocycles. The number of rotatable bonds is 6. The fraction of sp³-hybridized carbons (Fsp3) is 0.435. The number of carbonyl (C=O) groups excluding carboxylic acids is 3. The first kappa shape index (κ1) is 24.8. The number of halogens is 4. The van der Waals surface area contributed by atoms with E-state index in [-0.39, 0.29) is 28.5 Å². The summed E-state index contributed by atoms with van der Waals surface area (Å²) in [5.41, 5.74) is 8.41. The van der Waals surface area contributed by atoms with E-state index in [1.807, 2.05) is 0 Å². The molecule has 1 unspecified atom stereocenters. The lowest BCUT2D eigenvalue weighted by atomic mass is 9.68. The number of nitrogens with zero attached hydrogens (tertiary/aromatic N) is 1. The molecule has 192 valence electrons. The molecule has 1 aromatic carbocycles. The van der Waals surface area contributed by atoms with E-state index in [4.69, 9.17) is 11.6 Å². The van der Waals surface area contributed by atoms with Gasteiger partial charge < -0.3 is 15.2 Å². The molecule has 0 spiro atoms. The van der Waals surface area contributed by atoms with Gasteiger partial charge in [-0.3, -0.25) is 14.4 Å². The van der Waals surface area contributed by atoms with Crippen molar-refractivity contribution in [1.82, 2.24) is 26.3 Å². The fourth-order valence-corrected chi connectivity index (χ4v) is 5.62. The highest BCUT2D eigenvalue weighted by atomic mass is 35.5. The molecule has 3 aliphatic rings. The monoisotopic (exact) mass is 524 g/mol. The van der Waals surface area contributed by atoms with E-state index >= 15 is 0 Å². The molecule has 5 N–H and O–H groups in total. The van der Waals surface area contributed by atoms with Crippen molar-refractivity contribution in [2.75, 3.05) is 11.9 Å². The van der Waals surface area contributed by atoms with Crippen LogP contribution in [0.5, 0.6) is 0 Å². The molecule has 36 heavy (non-hydrogen) atoms. The number of hydrogen-bond donors (Lipinski definition) is 5. The Balaban J connectivity index is 1.41. The first-order valence-corrected chi connectivity index (χ1v) is 11.9. The Morgan fingerprint density at radius 3 is 2.61 bits per heavy atom. The third-order valence-corrected chi connectivity index (χ3v) is 7.34. The summed E-state index contributed by atoms with van der Waals surface area (Å²) in [4.78, 5) is 39.6. The number of benzene rings is 1. The number of nitrogens with one attached hydrogen (secondary N) is 5. The van der Waals surface area contributed by atoms with E-state index < -0.39 is 53.8 Å². The third-order valence-electron chi connectivity index (χ3n) is 7.05. The van der Waals surface area contributed by atoms with Gasteiger partial charge in [0.1, 0.15) is 5.82 Å². The largest absolute Gasteiger partial charge is 0.342 e. The second-order valence-electron chi connectivity index (χ2n) is 9.49. The smallest absolute Gasteiger partial charge is 0.294 e. The molecule has 13 heteroatoms. The Hall–Kier alpha value is -2.93. The average Bonchev–Trinajstić information content (AvgIpc) is 3.52. The van der Waals surface area contributed by atoms with Gasteiger partial charge in [-0.15, -0.1) is 0 Å². The molecule has 9 nitrogen and oxygen atoms in total. The van der Waals surface area contributed by atoms with Gasteiger partial charge >= 0.3 is 0 Å². The lowest BCUT2D eigenvalue weighted by Crippen LogP contribution is -2.72. The van der Waals surface area contributed by atoms with E-state index in [0.29, 0.717) is 30.6 Å². The predicted molar refractivity (Wildman–Crippen MR) is 124 cm³/mol. The molecule has 0 radical (unpaired) electrons. The van der Waals surface area contributed by atoms with Gasteiger partial charge in [-0.1, -0.05) is 11.6 Å². The highest BCUT2D eigenvalue weighted by Crippen LogP contribution is 2.47. The maximum atomic E-state index is 13.8. The topological polar surface area (TPSA) is 116 Å². The van der Waals surface area contributed by atoms with Gasteiger partial charge in [-0.25, -0.2) is 24.0 Å². The van der Waals surface area contributed by atoms with E-state index in [0.717, 1.165) is 6.07 Å². The van der Waals surface area contributed by atoms with Crippen molar-refractivity contribution in [3.05, 3.63) is 51.6 Å². The summed E-state index contributed by atoms with van der Waals surface area (Å²) in [7, 11) is 0. The molecule has 1 aliphatic carbocycles. The molecule has 5 rings (SSSR count). The van der Waals surface area contributed by atoms with Crippen molar-refractivity contribution in [2.45, 2.75) is 56.7 Å². The molecule has 3 heterocycles. The van der Waals surface area contributed by atoms with Crippen LogP contribution in [-0.2, 0) is 17.8 Å². The Bertz CT molecular complexity index is 1270. The average molecular weight is 525 g/mol. The Morgan fingerprint density at radius 2 is 1.97 bits per heavy atom. The number of hydrazine groups is 2. The maximum Gasteiger partial charge on any atom is 0.294 e. The summed E-state index contributed by atoms with van der Waals surface area (Å²) in [6.45, 7) is 2.28. The van der Waals surface area contributed by atoms with Crippen molar-refractivity contribution in [3.63, 3.8) is 0 Å². The van der Waals surface area contributed by atoms with Crippen molar-refractivity contribution in [1.29, 1.82) is 0 Å². The molecule has 2 aliphatic heterocycles. The maximum absolute atomic E-state index is 13.8. The van der Waals surface area contributed by atoms with Crippen LogP contribution in [0.4, 0.5) is 18.9 Å². The number of aromatic nitrogens is 1. The summed E-state index contributed by atoms with van der Waals surface area (Å²) in [6.07, 6.45) is -0.0137. The Labute approximate surface area is 209 Å². The molecule has 1 aromatic heterocycles. The van der Waals surface area contributed by atoms with Crippen LogP contribution < -0.4 is 27.0 Å². The number of Topliss-reactive ketones (excluding diaryl/α,β-unsaturated/α-hetero) is 1. The van der Waals surface area contributed by atoms with E-state index in [2.05, 4.69) is 27.0 Å². The first-order valence-electron chi connectivity index (χ1n) is 11.5. The van der Waals surface area contributed by atoms with Crippen LogP contribution in [0, 0.1) is 12.7 Å². The van der Waals surface area contributed by atoms with Gasteiger partial charge in [-0.05, 0) is 43.5 Å². The molecule has 2 aromatic rings. The van der Waals surface area contributed by atoms with Crippen LogP contribution in [0.3, 0.4) is 0 Å². The summed E-state index contributed by atoms with van der Waals surface area (Å²) < 4.78 is 42.8. The number of hydrogen-bond acceptors (Lipinski definition) is 6. The van der Waals surface area contributed by atoms with Gasteiger partial charge in [0, 0.05) is 37.3 Å². The highest BCUT2D eigenvalue weighted by Gasteiger charge is 2.61. The van der Waals surface area contributed by atoms with Gasteiger partial charge in [0.2, 0.25) is 0 Å². The molecule has 1 atom stereocenters. The number of anilines is 1. The van der Waals surface area contributed by atoms with Crippen molar-refractivity contribution in [2.24, 2.45) is 0 Å². The van der Waals surface area contributed by atoms with Crippen LogP contribution in [0.2, 0.25) is 5.02 Å². The van der Waals surface area contributed by atoms with Crippen LogP contribution in [0.15, 0.2) is 18.2 Å². The van der Waals surface area contributed by atoms with Crippen molar-refractivity contribution < 1.29 is 27.6 Å². The first-order chi connectivity index (χ1) is 17.0. The number of fused-ring (bicyclic) bond motifs is 1. The Morgan fingerprint density at radius 1 is 1.22 bits per heavy atom. The number of carbonyl (C=O) groups is 3. The van der Waals surface area contributed by atoms with Gasteiger partial charge in [-0.2, -0.15) is 5.53 Å². The van der Waals surface area contributed by atoms with E-state index in [9.17, 15) is 27.6 Å². The SMILES string of the molecule is Cc1c(C(=O)Nc2ccc(F)c(Cl)c2)c2n(c1C(=O)C(=O)NC1(C3CNNN3)CC(F)(F)C1)CCC2. The molecule has 1 saturated carbocycles. The fourth-order valence-electron chi connectivity index (χ4n) is 5.44. The van der Waals surface area contributed by atoms with Crippen LogP contribution in [0.1, 0.15) is 51.4 Å². The van der Waals surface area contributed by atoms with Gasteiger partial charge in [0.05, 0.1) is 27.9 Å². The zero-order chi connectivity index (χ0) is 25.8. The van der Waals surface area contributed by atoms with Crippen LogP contribution in [0.25, 0.3) is 0 Å².